The summed E-state index contributed by atoms with van der Waals surface area (Å²) >= 11 is 0. The second-order valence-electron chi connectivity index (χ2n) is 5.06. The zero-order valence-corrected chi connectivity index (χ0v) is 14.6. The number of amides is 1. The number of carbonyl (C=O) groups excluding carboxylic acids is 1. The number of ether oxygens (including phenoxy) is 1. The average molecular weight is 385 g/mol. The molecule has 1 amide bonds. The topological polar surface area (TPSA) is 130 Å². The van der Waals surface area contributed by atoms with Crippen LogP contribution in [0.3, 0.4) is 0 Å². The fourth-order valence-electron chi connectivity index (χ4n) is 1.84. The number of carbonyl (C=O) groups is 1. The summed E-state index contributed by atoms with van der Waals surface area (Å²) < 4.78 is 39.8. The van der Waals surface area contributed by atoms with E-state index in [1.54, 1.807) is 30.3 Å². The number of hydrogen-bond acceptors (Lipinski definition) is 5. The van der Waals surface area contributed by atoms with E-state index in [2.05, 4.69) is 5.32 Å². The quantitative estimate of drug-likeness (QED) is 0.650. The number of anilines is 1. The lowest BCUT2D eigenvalue weighted by Crippen LogP contribution is -2.17. The van der Waals surface area contributed by atoms with Gasteiger partial charge in [-0.1, -0.05) is 18.2 Å². The summed E-state index contributed by atoms with van der Waals surface area (Å²) in [6.07, 6.45) is -1.48. The number of rotatable bonds is 6. The molecule has 2 aromatic carbocycles. The lowest BCUT2D eigenvalue weighted by Gasteiger charge is -2.08. The Hall–Kier alpha value is -2.19. The third-order valence-electron chi connectivity index (χ3n) is 3.06. The van der Waals surface area contributed by atoms with E-state index in [0.717, 1.165) is 0 Å². The van der Waals surface area contributed by atoms with Crippen LogP contribution in [0.2, 0.25) is 0 Å². The van der Waals surface area contributed by atoms with Crippen molar-refractivity contribution in [2.24, 2.45) is 0 Å². The van der Waals surface area contributed by atoms with Crippen LogP contribution < -0.4 is 10.1 Å². The molecule has 0 radical (unpaired) electrons. The number of para-hydroxylation sites is 1. The summed E-state index contributed by atoms with van der Waals surface area (Å²) in [6, 6.07) is 13.6. The molecule has 0 fully saturated rings. The van der Waals surface area contributed by atoms with Crippen LogP contribution in [-0.2, 0) is 14.4 Å². The SMILES string of the molecule is O=C(Nc1ccc(S(=O)(=O)CCP(=O)(O)O)cc1)Oc1ccccc1. The predicted octanol–water partition coefficient (Wildman–Crippen LogP) is 2.25. The van der Waals surface area contributed by atoms with Gasteiger partial charge in [-0.05, 0) is 36.4 Å². The maximum atomic E-state index is 12.0. The normalized spacial score (nSPS) is 11.8. The summed E-state index contributed by atoms with van der Waals surface area (Å²) in [5.74, 6) is -0.309. The number of nitrogens with one attached hydrogen (secondary N) is 1. The van der Waals surface area contributed by atoms with Gasteiger partial charge in [0.2, 0.25) is 0 Å². The summed E-state index contributed by atoms with van der Waals surface area (Å²) in [5.41, 5.74) is 0.315. The molecule has 8 nitrogen and oxygen atoms in total. The van der Waals surface area contributed by atoms with Crippen LogP contribution in [0.25, 0.3) is 0 Å². The molecule has 0 saturated heterocycles. The second-order valence-corrected chi connectivity index (χ2v) is 8.94. The highest BCUT2D eigenvalue weighted by molar-refractivity contribution is 7.91. The molecule has 0 aliphatic heterocycles. The Bertz CT molecular complexity index is 876. The Morgan fingerprint density at radius 1 is 1.04 bits per heavy atom. The molecule has 134 valence electrons. The summed E-state index contributed by atoms with van der Waals surface area (Å²) in [4.78, 5) is 29.2. The van der Waals surface area contributed by atoms with E-state index in [0.29, 0.717) is 11.4 Å². The molecule has 0 saturated carbocycles. The molecule has 10 heteroatoms. The first-order valence-electron chi connectivity index (χ1n) is 7.07. The van der Waals surface area contributed by atoms with Gasteiger partial charge >= 0.3 is 13.7 Å². The first kappa shape index (κ1) is 19.1. The Labute approximate surface area is 144 Å². The zero-order valence-electron chi connectivity index (χ0n) is 12.9. The molecular weight excluding hydrogens is 369 g/mol. The molecule has 0 aliphatic rings. The van der Waals surface area contributed by atoms with Gasteiger partial charge in [0, 0.05) is 5.69 Å². The highest BCUT2D eigenvalue weighted by Crippen LogP contribution is 2.34. The van der Waals surface area contributed by atoms with Gasteiger partial charge in [-0.25, -0.2) is 13.2 Å². The molecule has 0 bridgehead atoms. The fourth-order valence-corrected chi connectivity index (χ4v) is 4.54. The standard InChI is InChI=1S/C15H16NO7PS/c17-15(23-13-4-2-1-3-5-13)16-12-6-8-14(9-7-12)25(21,22)11-10-24(18,19)20/h1-9H,10-11H2,(H,16,17)(H2,18,19,20). The first-order chi connectivity index (χ1) is 11.7. The third kappa shape index (κ3) is 6.32. The zero-order chi connectivity index (χ0) is 18.5. The van der Waals surface area contributed by atoms with Crippen LogP contribution in [-0.4, -0.2) is 36.2 Å². The van der Waals surface area contributed by atoms with Crippen molar-refractivity contribution in [3.63, 3.8) is 0 Å². The average Bonchev–Trinajstić information content (AvgIpc) is 2.54. The van der Waals surface area contributed by atoms with E-state index in [4.69, 9.17) is 14.5 Å². The molecular formula is C15H16NO7PS. The van der Waals surface area contributed by atoms with Crippen molar-refractivity contribution in [1.82, 2.24) is 0 Å². The van der Waals surface area contributed by atoms with Crippen molar-refractivity contribution in [2.75, 3.05) is 17.2 Å². The summed E-state index contributed by atoms with van der Waals surface area (Å²) in [6.45, 7) is 0. The first-order valence-corrected chi connectivity index (χ1v) is 10.5. The van der Waals surface area contributed by atoms with Gasteiger partial charge in [0.25, 0.3) is 0 Å². The summed E-state index contributed by atoms with van der Waals surface area (Å²) in [5, 5.41) is 2.44. The fraction of sp³-hybridized carbons (Fsp3) is 0.133. The van der Waals surface area contributed by atoms with Crippen LogP contribution >= 0.6 is 7.60 Å². The highest BCUT2D eigenvalue weighted by Gasteiger charge is 2.21. The predicted molar refractivity (Wildman–Crippen MR) is 91.5 cm³/mol. The molecule has 0 aliphatic carbocycles. The third-order valence-corrected chi connectivity index (χ3v) is 5.91. The molecule has 0 aromatic heterocycles. The minimum Gasteiger partial charge on any atom is -0.410 e. The van der Waals surface area contributed by atoms with E-state index >= 15 is 0 Å². The van der Waals surface area contributed by atoms with Crippen LogP contribution in [0, 0.1) is 0 Å². The van der Waals surface area contributed by atoms with Crippen molar-refractivity contribution < 1.29 is 32.3 Å². The molecule has 0 spiro atoms. The molecule has 0 heterocycles. The minimum absolute atomic E-state index is 0.0945. The molecule has 2 rings (SSSR count). The van der Waals surface area contributed by atoms with Gasteiger partial charge in [0.15, 0.2) is 9.84 Å². The number of benzene rings is 2. The van der Waals surface area contributed by atoms with Crippen molar-refractivity contribution in [2.45, 2.75) is 4.90 Å². The Morgan fingerprint density at radius 3 is 2.20 bits per heavy atom. The van der Waals surface area contributed by atoms with Crippen molar-refractivity contribution in [3.05, 3.63) is 54.6 Å². The molecule has 25 heavy (non-hydrogen) atoms. The minimum atomic E-state index is -4.40. The van der Waals surface area contributed by atoms with Gasteiger partial charge in [0.05, 0.1) is 16.8 Å². The Kier molecular flexibility index (Phi) is 5.97. The van der Waals surface area contributed by atoms with Crippen LogP contribution in [0.4, 0.5) is 10.5 Å². The maximum absolute atomic E-state index is 12.0. The van der Waals surface area contributed by atoms with E-state index in [9.17, 15) is 17.8 Å². The van der Waals surface area contributed by atoms with Gasteiger partial charge in [-0.3, -0.25) is 9.88 Å². The van der Waals surface area contributed by atoms with Gasteiger partial charge < -0.3 is 14.5 Å². The van der Waals surface area contributed by atoms with Gasteiger partial charge in [-0.2, -0.15) is 0 Å². The van der Waals surface area contributed by atoms with Crippen molar-refractivity contribution in [3.8, 4) is 5.75 Å². The molecule has 0 unspecified atom stereocenters. The van der Waals surface area contributed by atoms with E-state index in [1.807, 2.05) is 0 Å². The van der Waals surface area contributed by atoms with Crippen LogP contribution in [0.5, 0.6) is 5.75 Å². The molecule has 2 aromatic rings. The Morgan fingerprint density at radius 2 is 1.64 bits per heavy atom. The maximum Gasteiger partial charge on any atom is 0.417 e. The van der Waals surface area contributed by atoms with E-state index < -0.39 is 35.4 Å². The number of hydrogen-bond donors (Lipinski definition) is 3. The van der Waals surface area contributed by atoms with E-state index in [-0.39, 0.29) is 4.90 Å². The molecule has 0 atom stereocenters. The highest BCUT2D eigenvalue weighted by atomic mass is 32.2. The van der Waals surface area contributed by atoms with Gasteiger partial charge in [-0.15, -0.1) is 0 Å². The van der Waals surface area contributed by atoms with Crippen molar-refractivity contribution in [1.29, 1.82) is 0 Å². The van der Waals surface area contributed by atoms with E-state index in [1.165, 1.54) is 24.3 Å². The lowest BCUT2D eigenvalue weighted by molar-refractivity contribution is 0.215. The summed E-state index contributed by atoms with van der Waals surface area (Å²) in [7, 11) is -8.22. The lowest BCUT2D eigenvalue weighted by atomic mass is 10.3. The molecule has 3 N–H and O–H groups in total. The largest absolute Gasteiger partial charge is 0.417 e. The monoisotopic (exact) mass is 385 g/mol. The van der Waals surface area contributed by atoms with Crippen LogP contribution in [0.15, 0.2) is 59.5 Å². The Balaban J connectivity index is 1.99. The second kappa shape index (κ2) is 7.79. The van der Waals surface area contributed by atoms with Crippen LogP contribution in [0.1, 0.15) is 0 Å². The van der Waals surface area contributed by atoms with Gasteiger partial charge in [0.1, 0.15) is 5.75 Å². The van der Waals surface area contributed by atoms with Crippen molar-refractivity contribution >= 4 is 29.2 Å². The smallest absolute Gasteiger partial charge is 0.410 e. The number of sulfone groups is 1.